The molecule has 0 saturated heterocycles. The molecule has 208 valence electrons. The van der Waals surface area contributed by atoms with E-state index in [0.717, 1.165) is 44.0 Å². The fourth-order valence-electron chi connectivity index (χ4n) is 6.51. The second-order valence-electron chi connectivity index (χ2n) is 11.5. The van der Waals surface area contributed by atoms with E-state index in [1.807, 2.05) is 0 Å². The first-order chi connectivity index (χ1) is 21.6. The van der Waals surface area contributed by atoms with Crippen molar-refractivity contribution in [3.05, 3.63) is 157 Å². The van der Waals surface area contributed by atoms with Gasteiger partial charge in [0.2, 0.25) is 0 Å². The second-order valence-corrected chi connectivity index (χ2v) is 11.5. The summed E-state index contributed by atoms with van der Waals surface area (Å²) in [4.78, 5) is 10.2. The highest BCUT2D eigenvalue weighted by molar-refractivity contribution is 6.19. The number of nitrogens with zero attached hydrogens (tertiary/aromatic N) is 2. The van der Waals surface area contributed by atoms with Gasteiger partial charge >= 0.3 is 0 Å². The summed E-state index contributed by atoms with van der Waals surface area (Å²) in [5.41, 5.74) is 13.7. The van der Waals surface area contributed by atoms with E-state index in [4.69, 9.17) is 9.97 Å². The molecular formula is C42H30N2. The van der Waals surface area contributed by atoms with E-state index in [0.29, 0.717) is 0 Å². The van der Waals surface area contributed by atoms with Gasteiger partial charge in [0.15, 0.2) is 0 Å². The number of hydrogen-bond acceptors (Lipinski definition) is 2. The third-order valence-corrected chi connectivity index (χ3v) is 8.57. The van der Waals surface area contributed by atoms with Gasteiger partial charge in [0.1, 0.15) is 0 Å². The lowest BCUT2D eigenvalue weighted by atomic mass is 9.92. The Morgan fingerprint density at radius 2 is 0.682 bits per heavy atom. The van der Waals surface area contributed by atoms with Crippen LogP contribution in [0.1, 0.15) is 11.4 Å². The Labute approximate surface area is 257 Å². The maximum absolute atomic E-state index is 5.10. The van der Waals surface area contributed by atoms with Gasteiger partial charge in [-0.15, -0.1) is 0 Å². The smallest absolute Gasteiger partial charge is 0.0790 e. The van der Waals surface area contributed by atoms with Gasteiger partial charge in [-0.1, -0.05) is 121 Å². The van der Waals surface area contributed by atoms with E-state index in [-0.39, 0.29) is 0 Å². The Hall–Kier alpha value is -5.60. The van der Waals surface area contributed by atoms with Gasteiger partial charge in [0.05, 0.1) is 11.0 Å². The van der Waals surface area contributed by atoms with Gasteiger partial charge in [-0.3, -0.25) is 9.97 Å². The maximum atomic E-state index is 5.10. The van der Waals surface area contributed by atoms with E-state index >= 15 is 0 Å². The molecule has 0 aliphatic carbocycles. The molecule has 0 N–H and O–H groups in total. The fourth-order valence-corrected chi connectivity index (χ4v) is 6.51. The lowest BCUT2D eigenvalue weighted by molar-refractivity contribution is 1.26. The highest BCUT2D eigenvalue weighted by Crippen LogP contribution is 2.39. The Morgan fingerprint density at radius 3 is 1.11 bits per heavy atom. The molecule has 2 aromatic heterocycles. The first-order valence-corrected chi connectivity index (χ1v) is 15.1. The van der Waals surface area contributed by atoms with Crippen LogP contribution in [0.25, 0.3) is 77.1 Å². The van der Waals surface area contributed by atoms with Gasteiger partial charge in [-0.2, -0.15) is 0 Å². The van der Waals surface area contributed by atoms with E-state index < -0.39 is 0 Å². The van der Waals surface area contributed by atoms with Crippen LogP contribution in [0, 0.1) is 13.8 Å². The lowest BCUT2D eigenvalue weighted by Gasteiger charge is -2.15. The van der Waals surface area contributed by atoms with Crippen molar-refractivity contribution in [3.63, 3.8) is 0 Å². The topological polar surface area (TPSA) is 25.8 Å². The van der Waals surface area contributed by atoms with Crippen molar-refractivity contribution in [2.45, 2.75) is 13.8 Å². The number of benzene rings is 6. The maximum Gasteiger partial charge on any atom is 0.0790 e. The Morgan fingerprint density at radius 1 is 0.318 bits per heavy atom. The Kier molecular flexibility index (Phi) is 6.27. The summed E-state index contributed by atoms with van der Waals surface area (Å²) in [5, 5.41) is 4.55. The zero-order valence-electron chi connectivity index (χ0n) is 24.8. The standard InChI is InChI=1S/C42H30N2/c1-27-23-39(33-17-9-15-31(25-33)29-11-5-3-6-12-29)37-21-20-36-35(41(37)43-27)19-22-38-40(24-28(2)44-42(36)38)34-18-10-16-32(26-34)30-13-7-4-8-14-30/h3-26H,1-2H3. The molecule has 0 spiro atoms. The number of hydrogen-bond donors (Lipinski definition) is 0. The van der Waals surface area contributed by atoms with E-state index in [2.05, 4.69) is 159 Å². The molecule has 2 nitrogen and oxygen atoms in total. The summed E-state index contributed by atoms with van der Waals surface area (Å²) in [6, 6.07) is 52.1. The Balaban J connectivity index is 1.31. The molecular weight excluding hydrogens is 532 g/mol. The monoisotopic (exact) mass is 562 g/mol. The van der Waals surface area contributed by atoms with Crippen molar-refractivity contribution in [2.24, 2.45) is 0 Å². The highest BCUT2D eigenvalue weighted by Gasteiger charge is 2.15. The van der Waals surface area contributed by atoms with Gasteiger partial charge in [0, 0.05) is 32.9 Å². The number of pyridine rings is 2. The van der Waals surface area contributed by atoms with Crippen molar-refractivity contribution in [3.8, 4) is 44.5 Å². The SMILES string of the molecule is Cc1cc(-c2cccc(-c3ccccc3)c2)c2ccc3c(ccc4c(-c5cccc(-c6ccccc6)c5)cc(C)nc43)c2n1. The van der Waals surface area contributed by atoms with Crippen LogP contribution >= 0.6 is 0 Å². The van der Waals surface area contributed by atoms with E-state index in [1.165, 1.54) is 44.5 Å². The summed E-state index contributed by atoms with van der Waals surface area (Å²) in [6.07, 6.45) is 0. The van der Waals surface area contributed by atoms with Gasteiger partial charge in [0.25, 0.3) is 0 Å². The predicted molar refractivity (Wildman–Crippen MR) is 186 cm³/mol. The van der Waals surface area contributed by atoms with Crippen molar-refractivity contribution < 1.29 is 0 Å². The number of aromatic nitrogens is 2. The largest absolute Gasteiger partial charge is 0.252 e. The van der Waals surface area contributed by atoms with Gasteiger partial charge in [-0.05, 0) is 82.6 Å². The number of fused-ring (bicyclic) bond motifs is 5. The molecule has 44 heavy (non-hydrogen) atoms. The summed E-state index contributed by atoms with van der Waals surface area (Å²) >= 11 is 0. The van der Waals surface area contributed by atoms with Crippen LogP contribution in [0.4, 0.5) is 0 Å². The second kappa shape index (κ2) is 10.6. The van der Waals surface area contributed by atoms with Crippen LogP contribution in [0.15, 0.2) is 146 Å². The zero-order valence-corrected chi connectivity index (χ0v) is 24.8. The lowest BCUT2D eigenvalue weighted by Crippen LogP contribution is -1.94. The normalized spacial score (nSPS) is 11.4. The summed E-state index contributed by atoms with van der Waals surface area (Å²) in [7, 11) is 0. The van der Waals surface area contributed by atoms with Crippen molar-refractivity contribution in [1.82, 2.24) is 9.97 Å². The third-order valence-electron chi connectivity index (χ3n) is 8.57. The van der Waals surface area contributed by atoms with Gasteiger partial charge < -0.3 is 0 Å². The van der Waals surface area contributed by atoms with Crippen LogP contribution in [0.2, 0.25) is 0 Å². The molecule has 0 atom stereocenters. The summed E-state index contributed by atoms with van der Waals surface area (Å²) in [5.74, 6) is 0. The molecule has 0 bridgehead atoms. The molecule has 8 aromatic rings. The first-order valence-electron chi connectivity index (χ1n) is 15.1. The number of rotatable bonds is 4. The quantitative estimate of drug-likeness (QED) is 0.199. The molecule has 0 unspecified atom stereocenters. The summed E-state index contributed by atoms with van der Waals surface area (Å²) in [6.45, 7) is 4.17. The minimum atomic E-state index is 1.00. The molecule has 6 aromatic carbocycles. The summed E-state index contributed by atoms with van der Waals surface area (Å²) < 4.78 is 0. The minimum Gasteiger partial charge on any atom is -0.252 e. The molecule has 0 fully saturated rings. The van der Waals surface area contributed by atoms with Crippen LogP contribution in [0.5, 0.6) is 0 Å². The third kappa shape index (κ3) is 4.53. The van der Waals surface area contributed by atoms with E-state index in [1.54, 1.807) is 0 Å². The average Bonchev–Trinajstić information content (AvgIpc) is 3.08. The molecule has 2 heterocycles. The van der Waals surface area contributed by atoms with Crippen molar-refractivity contribution >= 4 is 32.6 Å². The van der Waals surface area contributed by atoms with E-state index in [9.17, 15) is 0 Å². The molecule has 0 aliphatic heterocycles. The average molecular weight is 563 g/mol. The zero-order chi connectivity index (χ0) is 29.6. The molecule has 8 rings (SSSR count). The van der Waals surface area contributed by atoms with Crippen LogP contribution in [-0.2, 0) is 0 Å². The van der Waals surface area contributed by atoms with Crippen molar-refractivity contribution in [2.75, 3.05) is 0 Å². The fraction of sp³-hybridized carbons (Fsp3) is 0.0476. The number of aryl methyl sites for hydroxylation is 2. The first kappa shape index (κ1) is 26.1. The Bertz CT molecular complexity index is 2170. The molecule has 0 amide bonds. The predicted octanol–water partition coefficient (Wildman–Crippen LogP) is 11.2. The molecule has 2 heteroatoms. The van der Waals surface area contributed by atoms with Crippen molar-refractivity contribution in [1.29, 1.82) is 0 Å². The van der Waals surface area contributed by atoms with Crippen LogP contribution < -0.4 is 0 Å². The molecule has 0 saturated carbocycles. The van der Waals surface area contributed by atoms with Gasteiger partial charge in [-0.25, -0.2) is 0 Å². The molecule has 0 aliphatic rings. The molecule has 0 radical (unpaired) electrons. The van der Waals surface area contributed by atoms with Crippen LogP contribution in [-0.4, -0.2) is 9.97 Å². The van der Waals surface area contributed by atoms with Crippen LogP contribution in [0.3, 0.4) is 0 Å². The highest BCUT2D eigenvalue weighted by atomic mass is 14.7. The minimum absolute atomic E-state index is 1.00.